The van der Waals surface area contributed by atoms with Gasteiger partial charge in [0, 0.05) is 6.42 Å². The molecular formula is C16H15N3S. The fraction of sp³-hybridized carbons (Fsp3) is 0.125. The van der Waals surface area contributed by atoms with Crippen LogP contribution in [0.1, 0.15) is 27.2 Å². The predicted octanol–water partition coefficient (Wildman–Crippen LogP) is 3.18. The van der Waals surface area contributed by atoms with Crippen molar-refractivity contribution in [1.82, 2.24) is 10.2 Å². The first-order chi connectivity index (χ1) is 9.83. The Bertz CT molecular complexity index is 664. The Balaban J connectivity index is 1.77. The van der Waals surface area contributed by atoms with Crippen molar-refractivity contribution in [3.63, 3.8) is 0 Å². The molecule has 3 rings (SSSR count). The second kappa shape index (κ2) is 5.94. The third-order valence-corrected chi connectivity index (χ3v) is 4.11. The predicted molar refractivity (Wildman–Crippen MR) is 81.6 cm³/mol. The number of aromatic nitrogens is 2. The zero-order valence-corrected chi connectivity index (χ0v) is 11.8. The maximum Gasteiger partial charge on any atom is 0.138 e. The number of nitrogens with two attached hydrogens (primary N) is 1. The summed E-state index contributed by atoms with van der Waals surface area (Å²) in [7, 11) is 0. The number of nitrogens with zero attached hydrogens (tertiary/aromatic N) is 2. The highest BCUT2D eigenvalue weighted by Crippen LogP contribution is 2.23. The molecule has 1 aromatic heterocycles. The minimum absolute atomic E-state index is 0.196. The second-order valence-electron chi connectivity index (χ2n) is 4.58. The van der Waals surface area contributed by atoms with Gasteiger partial charge in [-0.3, -0.25) is 0 Å². The van der Waals surface area contributed by atoms with Gasteiger partial charge in [-0.15, -0.1) is 10.2 Å². The van der Waals surface area contributed by atoms with Crippen LogP contribution >= 0.6 is 11.3 Å². The highest BCUT2D eigenvalue weighted by molar-refractivity contribution is 7.11. The van der Waals surface area contributed by atoms with E-state index in [1.54, 1.807) is 11.3 Å². The normalized spacial score (nSPS) is 12.2. The van der Waals surface area contributed by atoms with E-state index in [2.05, 4.69) is 22.3 Å². The molecule has 3 aromatic rings. The van der Waals surface area contributed by atoms with Crippen molar-refractivity contribution < 1.29 is 0 Å². The summed E-state index contributed by atoms with van der Waals surface area (Å²) in [6.45, 7) is 0. The van der Waals surface area contributed by atoms with Gasteiger partial charge in [0.2, 0.25) is 0 Å². The lowest BCUT2D eigenvalue weighted by Crippen LogP contribution is -2.11. The van der Waals surface area contributed by atoms with E-state index in [0.29, 0.717) is 0 Å². The average molecular weight is 281 g/mol. The summed E-state index contributed by atoms with van der Waals surface area (Å²) >= 11 is 1.58. The van der Waals surface area contributed by atoms with Crippen LogP contribution in [0.2, 0.25) is 0 Å². The summed E-state index contributed by atoms with van der Waals surface area (Å²) in [6.07, 6.45) is 0.806. The molecular weight excluding hydrogens is 266 g/mol. The molecule has 3 nitrogen and oxygen atoms in total. The topological polar surface area (TPSA) is 51.8 Å². The zero-order chi connectivity index (χ0) is 13.8. The molecule has 0 saturated carbocycles. The molecule has 100 valence electrons. The van der Waals surface area contributed by atoms with Crippen LogP contribution in [0.15, 0.2) is 60.7 Å². The van der Waals surface area contributed by atoms with Crippen molar-refractivity contribution in [3.8, 4) is 0 Å². The fourth-order valence-electron chi connectivity index (χ4n) is 2.04. The Hall–Kier alpha value is -2.04. The third kappa shape index (κ3) is 2.92. The lowest BCUT2D eigenvalue weighted by molar-refractivity contribution is 0.824. The third-order valence-electron chi connectivity index (χ3n) is 3.11. The van der Waals surface area contributed by atoms with E-state index in [0.717, 1.165) is 22.0 Å². The fourth-order valence-corrected chi connectivity index (χ4v) is 2.94. The second-order valence-corrected chi connectivity index (χ2v) is 5.68. The summed E-state index contributed by atoms with van der Waals surface area (Å²) in [5.41, 5.74) is 8.54. The minimum atomic E-state index is -0.196. The highest BCUT2D eigenvalue weighted by Gasteiger charge is 2.14. The van der Waals surface area contributed by atoms with E-state index in [1.807, 2.05) is 48.5 Å². The molecule has 0 fully saturated rings. The van der Waals surface area contributed by atoms with E-state index in [9.17, 15) is 0 Å². The number of hydrogen-bond donors (Lipinski definition) is 1. The van der Waals surface area contributed by atoms with Gasteiger partial charge in [-0.2, -0.15) is 0 Å². The van der Waals surface area contributed by atoms with Gasteiger partial charge < -0.3 is 5.73 Å². The van der Waals surface area contributed by atoms with Crippen molar-refractivity contribution >= 4 is 11.3 Å². The summed E-state index contributed by atoms with van der Waals surface area (Å²) in [5.74, 6) is 0. The van der Waals surface area contributed by atoms with Gasteiger partial charge in [0.05, 0.1) is 6.04 Å². The monoisotopic (exact) mass is 281 g/mol. The number of rotatable bonds is 4. The van der Waals surface area contributed by atoms with E-state index in [-0.39, 0.29) is 6.04 Å². The van der Waals surface area contributed by atoms with Gasteiger partial charge in [-0.1, -0.05) is 72.0 Å². The Morgan fingerprint density at radius 3 is 2.25 bits per heavy atom. The molecule has 20 heavy (non-hydrogen) atoms. The first kappa shape index (κ1) is 13.0. The maximum atomic E-state index is 6.23. The molecule has 1 heterocycles. The zero-order valence-electron chi connectivity index (χ0n) is 10.9. The van der Waals surface area contributed by atoms with E-state index < -0.39 is 0 Å². The summed E-state index contributed by atoms with van der Waals surface area (Å²) < 4.78 is 0. The standard InChI is InChI=1S/C16H15N3S/c17-15(13-9-5-2-6-10-13)16-19-18-14(20-16)11-12-7-3-1-4-8-12/h1-10,15H,11,17H2. The first-order valence-corrected chi connectivity index (χ1v) is 7.31. The van der Waals surface area contributed by atoms with Crippen molar-refractivity contribution in [1.29, 1.82) is 0 Å². The van der Waals surface area contributed by atoms with E-state index >= 15 is 0 Å². The molecule has 0 spiro atoms. The summed E-state index contributed by atoms with van der Waals surface area (Å²) in [6, 6.07) is 20.1. The van der Waals surface area contributed by atoms with Crippen molar-refractivity contribution in [2.24, 2.45) is 5.73 Å². The van der Waals surface area contributed by atoms with Crippen molar-refractivity contribution in [3.05, 3.63) is 81.8 Å². The molecule has 0 amide bonds. The van der Waals surface area contributed by atoms with Crippen LogP contribution in [0.25, 0.3) is 0 Å². The Labute approximate surface area is 122 Å². The number of hydrogen-bond acceptors (Lipinski definition) is 4. The van der Waals surface area contributed by atoms with Gasteiger partial charge in [0.15, 0.2) is 0 Å². The van der Waals surface area contributed by atoms with Gasteiger partial charge in [0.1, 0.15) is 10.0 Å². The molecule has 0 saturated heterocycles. The molecule has 0 radical (unpaired) electrons. The molecule has 0 aliphatic rings. The lowest BCUT2D eigenvalue weighted by atomic mass is 10.1. The van der Waals surface area contributed by atoms with Crippen LogP contribution in [0.4, 0.5) is 0 Å². The van der Waals surface area contributed by atoms with Crippen LogP contribution in [0, 0.1) is 0 Å². The van der Waals surface area contributed by atoms with Gasteiger partial charge >= 0.3 is 0 Å². The molecule has 1 unspecified atom stereocenters. The molecule has 2 N–H and O–H groups in total. The van der Waals surface area contributed by atoms with E-state index in [4.69, 9.17) is 5.73 Å². The Morgan fingerprint density at radius 1 is 0.900 bits per heavy atom. The molecule has 0 aliphatic heterocycles. The van der Waals surface area contributed by atoms with Crippen molar-refractivity contribution in [2.75, 3.05) is 0 Å². The summed E-state index contributed by atoms with van der Waals surface area (Å²) in [4.78, 5) is 0. The van der Waals surface area contributed by atoms with Crippen LogP contribution in [-0.2, 0) is 6.42 Å². The number of benzene rings is 2. The van der Waals surface area contributed by atoms with E-state index in [1.165, 1.54) is 5.56 Å². The largest absolute Gasteiger partial charge is 0.318 e. The average Bonchev–Trinajstić information content (AvgIpc) is 2.97. The molecule has 1 atom stereocenters. The van der Waals surface area contributed by atoms with Crippen LogP contribution in [0.3, 0.4) is 0 Å². The highest BCUT2D eigenvalue weighted by atomic mass is 32.1. The molecule has 2 aromatic carbocycles. The SMILES string of the molecule is NC(c1ccccc1)c1nnc(Cc2ccccc2)s1. The maximum absolute atomic E-state index is 6.23. The first-order valence-electron chi connectivity index (χ1n) is 6.49. The van der Waals surface area contributed by atoms with Gasteiger partial charge in [0.25, 0.3) is 0 Å². The minimum Gasteiger partial charge on any atom is -0.318 e. The van der Waals surface area contributed by atoms with Gasteiger partial charge in [-0.25, -0.2) is 0 Å². The molecule has 4 heteroatoms. The van der Waals surface area contributed by atoms with Crippen LogP contribution in [-0.4, -0.2) is 10.2 Å². The van der Waals surface area contributed by atoms with Crippen LogP contribution in [0.5, 0.6) is 0 Å². The quantitative estimate of drug-likeness (QED) is 0.799. The molecule has 0 bridgehead atoms. The molecule has 0 aliphatic carbocycles. The smallest absolute Gasteiger partial charge is 0.138 e. The van der Waals surface area contributed by atoms with Crippen molar-refractivity contribution in [2.45, 2.75) is 12.5 Å². The van der Waals surface area contributed by atoms with Crippen LogP contribution < -0.4 is 5.73 Å². The summed E-state index contributed by atoms with van der Waals surface area (Å²) in [5, 5.41) is 10.3. The Morgan fingerprint density at radius 2 is 1.55 bits per heavy atom. The Kier molecular flexibility index (Phi) is 3.85. The van der Waals surface area contributed by atoms with Gasteiger partial charge in [-0.05, 0) is 11.1 Å². The lowest BCUT2D eigenvalue weighted by Gasteiger charge is -2.06.